The van der Waals surface area contributed by atoms with Gasteiger partial charge in [0.25, 0.3) is 11.5 Å². The van der Waals surface area contributed by atoms with Crippen molar-refractivity contribution in [2.75, 3.05) is 5.32 Å². The number of carbonyl (C=O) groups is 1. The van der Waals surface area contributed by atoms with E-state index in [1.807, 2.05) is 0 Å². The number of cyclic esters (lactones) is 1. The van der Waals surface area contributed by atoms with Gasteiger partial charge < -0.3 is 4.74 Å². The van der Waals surface area contributed by atoms with Crippen molar-refractivity contribution in [1.29, 1.82) is 0 Å². The van der Waals surface area contributed by atoms with Gasteiger partial charge in [-0.05, 0) is 54.1 Å². The molecule has 1 saturated carbocycles. The topological polar surface area (TPSA) is 64.1 Å². The quantitative estimate of drug-likeness (QED) is 0.577. The number of nitrogens with one attached hydrogen (secondary N) is 1. The van der Waals surface area contributed by atoms with E-state index in [-0.39, 0.29) is 34.4 Å². The first-order chi connectivity index (χ1) is 13.7. The van der Waals surface area contributed by atoms with Crippen molar-refractivity contribution < 1.29 is 22.7 Å². The highest BCUT2D eigenvalue weighted by molar-refractivity contribution is 6.28. The Hall–Kier alpha value is -2.79. The van der Waals surface area contributed by atoms with Crippen molar-refractivity contribution in [3.8, 4) is 11.8 Å². The number of amides is 1. The molecule has 4 rings (SSSR count). The lowest BCUT2D eigenvalue weighted by Gasteiger charge is -2.38. The monoisotopic (exact) mass is 421 g/mol. The summed E-state index contributed by atoms with van der Waals surface area (Å²) in [6.07, 6.45) is 1.97. The second-order valence-electron chi connectivity index (χ2n) is 7.11. The van der Waals surface area contributed by atoms with Gasteiger partial charge in [0.1, 0.15) is 5.82 Å². The molecule has 1 aliphatic heterocycles. The molecule has 0 unspecified atom stereocenters. The number of fused-ring (bicyclic) bond motifs is 1. The van der Waals surface area contributed by atoms with Gasteiger partial charge in [0.15, 0.2) is 0 Å². The number of hydrogen-bond acceptors (Lipinski definition) is 4. The Kier molecular flexibility index (Phi) is 4.66. The molecule has 1 aromatic heterocycles. The molecule has 5 nitrogen and oxygen atoms in total. The van der Waals surface area contributed by atoms with Crippen LogP contribution in [0.2, 0.25) is 5.28 Å². The van der Waals surface area contributed by atoms with Gasteiger partial charge in [-0.2, -0.15) is 0 Å². The molecule has 1 atom stereocenters. The van der Waals surface area contributed by atoms with Crippen LogP contribution in [0.4, 0.5) is 23.7 Å². The summed E-state index contributed by atoms with van der Waals surface area (Å²) in [6, 6.07) is 3.78. The van der Waals surface area contributed by atoms with Crippen LogP contribution >= 0.6 is 11.6 Å². The van der Waals surface area contributed by atoms with Gasteiger partial charge in [-0.25, -0.2) is 27.9 Å². The third-order valence-corrected chi connectivity index (χ3v) is 4.93. The maximum atomic E-state index is 14.9. The number of anilines is 1. The van der Waals surface area contributed by atoms with Gasteiger partial charge in [0.05, 0.1) is 5.69 Å². The van der Waals surface area contributed by atoms with Crippen molar-refractivity contribution in [3.63, 3.8) is 0 Å². The van der Waals surface area contributed by atoms with E-state index in [0.717, 1.165) is 18.9 Å². The van der Waals surface area contributed by atoms with E-state index in [2.05, 4.69) is 27.1 Å². The first-order valence-corrected chi connectivity index (χ1v) is 9.26. The molecular weight excluding hydrogens is 407 g/mol. The van der Waals surface area contributed by atoms with Gasteiger partial charge in [0.2, 0.25) is 5.28 Å². The molecule has 150 valence electrons. The highest BCUT2D eigenvalue weighted by Gasteiger charge is 2.58. The average molecular weight is 422 g/mol. The Morgan fingerprint density at radius 3 is 2.83 bits per heavy atom. The van der Waals surface area contributed by atoms with Crippen molar-refractivity contribution >= 4 is 23.4 Å². The van der Waals surface area contributed by atoms with Crippen molar-refractivity contribution in [1.82, 2.24) is 9.97 Å². The maximum Gasteiger partial charge on any atom is 0.413 e. The third-order valence-electron chi connectivity index (χ3n) is 4.75. The number of aromatic nitrogens is 2. The van der Waals surface area contributed by atoms with Gasteiger partial charge in [-0.1, -0.05) is 5.92 Å². The Balaban J connectivity index is 1.81. The molecule has 0 spiro atoms. The lowest BCUT2D eigenvalue weighted by Crippen LogP contribution is -2.50. The second kappa shape index (κ2) is 6.92. The number of hydrogen-bond donors (Lipinski definition) is 1. The second-order valence-corrected chi connectivity index (χ2v) is 7.45. The molecule has 0 saturated heterocycles. The van der Waals surface area contributed by atoms with E-state index < -0.39 is 23.4 Å². The van der Waals surface area contributed by atoms with Crippen LogP contribution in [0.1, 0.15) is 36.6 Å². The number of nitrogens with zero attached hydrogens (tertiary/aromatic N) is 2. The van der Waals surface area contributed by atoms with E-state index >= 15 is 0 Å². The molecular formula is C20H15ClF3N3O2. The zero-order valence-corrected chi connectivity index (χ0v) is 16.0. The van der Waals surface area contributed by atoms with Crippen LogP contribution in [0.5, 0.6) is 0 Å². The van der Waals surface area contributed by atoms with Crippen molar-refractivity contribution in [2.24, 2.45) is 5.92 Å². The van der Waals surface area contributed by atoms with Crippen LogP contribution in [0, 0.1) is 23.6 Å². The Bertz CT molecular complexity index is 1060. The Labute approximate surface area is 169 Å². The molecule has 0 radical (unpaired) electrons. The van der Waals surface area contributed by atoms with Crippen LogP contribution in [-0.4, -0.2) is 22.0 Å². The molecule has 9 heteroatoms. The highest BCUT2D eigenvalue weighted by Crippen LogP contribution is 2.47. The summed E-state index contributed by atoms with van der Waals surface area (Å²) in [5, 5.41) is 2.37. The lowest BCUT2D eigenvalue weighted by atomic mass is 9.84. The van der Waals surface area contributed by atoms with Crippen LogP contribution in [0.25, 0.3) is 0 Å². The molecule has 29 heavy (non-hydrogen) atoms. The number of alkyl halides is 2. The van der Waals surface area contributed by atoms with Gasteiger partial charge >= 0.3 is 6.09 Å². The fraction of sp³-hybridized carbons (Fsp3) is 0.350. The molecule has 0 bridgehead atoms. The van der Waals surface area contributed by atoms with E-state index in [9.17, 15) is 18.0 Å². The van der Waals surface area contributed by atoms with Crippen LogP contribution in [0.3, 0.4) is 0 Å². The summed E-state index contributed by atoms with van der Waals surface area (Å²) in [4.78, 5) is 19.8. The summed E-state index contributed by atoms with van der Waals surface area (Å²) in [5.74, 6) is 0.840. The molecule has 2 heterocycles. The number of carbonyl (C=O) groups excluding carboxylic acids is 1. The molecule has 2 aromatic rings. The predicted octanol–water partition coefficient (Wildman–Crippen LogP) is 4.69. The summed E-state index contributed by atoms with van der Waals surface area (Å²) in [5.41, 5.74) is -2.19. The van der Waals surface area contributed by atoms with Crippen molar-refractivity contribution in [2.45, 2.75) is 37.7 Å². The highest BCUT2D eigenvalue weighted by atomic mass is 35.5. The average Bonchev–Trinajstić information content (AvgIpc) is 3.44. The molecule has 1 aliphatic carbocycles. The Morgan fingerprint density at radius 2 is 2.17 bits per heavy atom. The molecule has 1 amide bonds. The minimum Gasteiger partial charge on any atom is -0.418 e. The summed E-state index contributed by atoms with van der Waals surface area (Å²) >= 11 is 5.75. The number of halogens is 4. The van der Waals surface area contributed by atoms with Crippen LogP contribution in [0.15, 0.2) is 24.4 Å². The lowest BCUT2D eigenvalue weighted by molar-refractivity contribution is -0.142. The number of ether oxygens (including phenoxy) is 1. The van der Waals surface area contributed by atoms with E-state index in [1.54, 1.807) is 6.07 Å². The maximum absolute atomic E-state index is 14.9. The van der Waals surface area contributed by atoms with Crippen LogP contribution in [-0.2, 0) is 16.8 Å². The van der Waals surface area contributed by atoms with Crippen LogP contribution < -0.4 is 5.32 Å². The number of benzene rings is 1. The van der Waals surface area contributed by atoms with E-state index in [4.69, 9.17) is 16.3 Å². The zero-order chi connectivity index (χ0) is 20.8. The van der Waals surface area contributed by atoms with Gasteiger partial charge in [0, 0.05) is 36.7 Å². The fourth-order valence-corrected chi connectivity index (χ4v) is 3.27. The number of rotatable bonds is 3. The molecule has 1 N–H and O–H groups in total. The molecule has 1 fully saturated rings. The Morgan fingerprint density at radius 1 is 1.41 bits per heavy atom. The largest absolute Gasteiger partial charge is 0.418 e. The fourth-order valence-electron chi connectivity index (χ4n) is 3.10. The standard InChI is InChI=1S/C20H15ClF3N3O2/c1-19(23,24)20(6-4-11-2-3-11)14-10-15(22)12(9-16(14)27-18(28)29-20)8-13-5-7-25-17(21)26-13/h5,7,9-11H,2-3,8H2,1H3,(H,27,28)/t20-/m0/s1. The third kappa shape index (κ3) is 3.75. The minimum atomic E-state index is -3.56. The summed E-state index contributed by atoms with van der Waals surface area (Å²) < 4.78 is 49.2. The van der Waals surface area contributed by atoms with Gasteiger partial charge in [-0.15, -0.1) is 0 Å². The van der Waals surface area contributed by atoms with E-state index in [0.29, 0.717) is 12.6 Å². The summed E-state index contributed by atoms with van der Waals surface area (Å²) in [6.45, 7) is 0.603. The predicted molar refractivity (Wildman–Crippen MR) is 99.2 cm³/mol. The van der Waals surface area contributed by atoms with Crippen molar-refractivity contribution in [3.05, 3.63) is 52.3 Å². The SMILES string of the molecule is CC(F)(F)[C@@]1(C#CC2CC2)OC(=O)Nc2cc(Cc3ccnc(Cl)n3)c(F)cc21. The first kappa shape index (κ1) is 19.5. The summed E-state index contributed by atoms with van der Waals surface area (Å²) in [7, 11) is 0. The van der Waals surface area contributed by atoms with E-state index in [1.165, 1.54) is 12.3 Å². The minimum absolute atomic E-state index is 0.00237. The normalized spacial score (nSPS) is 20.8. The first-order valence-electron chi connectivity index (χ1n) is 8.89. The van der Waals surface area contributed by atoms with Gasteiger partial charge in [-0.3, -0.25) is 5.32 Å². The molecule has 1 aromatic carbocycles. The molecule has 2 aliphatic rings. The zero-order valence-electron chi connectivity index (χ0n) is 15.2. The smallest absolute Gasteiger partial charge is 0.413 e.